The quantitative estimate of drug-likeness (QED) is 0.236. The molecule has 0 aliphatic rings. The Kier molecular flexibility index (Phi) is 6.89. The molecule has 2 aromatic carbocycles. The molecule has 10 heteroatoms. The maximum absolute atomic E-state index is 12.9. The lowest BCUT2D eigenvalue weighted by atomic mass is 10.1. The van der Waals surface area contributed by atoms with Crippen LogP contribution in [0.5, 0.6) is 0 Å². The summed E-state index contributed by atoms with van der Waals surface area (Å²) in [5.41, 5.74) is 4.36. The second-order valence-electron chi connectivity index (χ2n) is 8.39. The number of halogens is 3. The Morgan fingerprint density at radius 3 is 2.47 bits per heavy atom. The topological polar surface area (TPSA) is 79.8 Å². The Balaban J connectivity index is 1.30. The average Bonchev–Trinajstić information content (AvgIpc) is 3.42. The molecule has 0 aliphatic heterocycles. The molecular weight excluding hydrogens is 511 g/mol. The Morgan fingerprint density at radius 1 is 0.921 bits per heavy atom. The van der Waals surface area contributed by atoms with Crippen molar-refractivity contribution in [2.45, 2.75) is 13.1 Å². The summed E-state index contributed by atoms with van der Waals surface area (Å²) in [6.45, 7) is 1.93. The van der Waals surface area contributed by atoms with Crippen molar-refractivity contribution in [1.82, 2.24) is 15.0 Å². The number of benzene rings is 2. The highest BCUT2D eigenvalue weighted by Gasteiger charge is 2.30. The van der Waals surface area contributed by atoms with E-state index in [-0.39, 0.29) is 5.91 Å². The van der Waals surface area contributed by atoms with Gasteiger partial charge in [-0.25, -0.2) is 9.97 Å². The van der Waals surface area contributed by atoms with Crippen molar-refractivity contribution in [3.05, 3.63) is 107 Å². The van der Waals surface area contributed by atoms with Gasteiger partial charge in [-0.3, -0.25) is 9.78 Å². The van der Waals surface area contributed by atoms with E-state index in [0.717, 1.165) is 34.6 Å². The summed E-state index contributed by atoms with van der Waals surface area (Å²) >= 11 is 1.22. The minimum atomic E-state index is -4.39. The second kappa shape index (κ2) is 10.4. The number of amides is 1. The molecule has 190 valence electrons. The van der Waals surface area contributed by atoms with Crippen molar-refractivity contribution in [1.29, 1.82) is 0 Å². The Morgan fingerprint density at radius 2 is 1.74 bits per heavy atom. The van der Waals surface area contributed by atoms with Crippen LogP contribution in [0.1, 0.15) is 20.8 Å². The summed E-state index contributed by atoms with van der Waals surface area (Å²) in [7, 11) is 0. The van der Waals surface area contributed by atoms with E-state index in [1.165, 1.54) is 23.5 Å². The van der Waals surface area contributed by atoms with Crippen LogP contribution in [0, 0.1) is 6.92 Å². The lowest BCUT2D eigenvalue weighted by Gasteiger charge is -2.12. The van der Waals surface area contributed by atoms with Crippen molar-refractivity contribution >= 4 is 34.6 Å². The fourth-order valence-electron chi connectivity index (χ4n) is 3.70. The van der Waals surface area contributed by atoms with Crippen LogP contribution in [0.25, 0.3) is 22.4 Å². The molecule has 2 N–H and O–H groups in total. The lowest BCUT2D eigenvalue weighted by molar-refractivity contribution is -0.137. The van der Waals surface area contributed by atoms with Crippen LogP contribution in [0.2, 0.25) is 0 Å². The number of aryl methyl sites for hydroxylation is 1. The predicted molar refractivity (Wildman–Crippen MR) is 142 cm³/mol. The number of nitrogens with zero attached hydrogens (tertiary/aromatic N) is 3. The highest BCUT2D eigenvalue weighted by atomic mass is 32.1. The predicted octanol–water partition coefficient (Wildman–Crippen LogP) is 7.59. The molecule has 0 atom stereocenters. The Hall–Kier alpha value is -4.57. The number of nitrogens with one attached hydrogen (secondary N) is 2. The molecule has 0 saturated carbocycles. The van der Waals surface area contributed by atoms with E-state index in [4.69, 9.17) is 0 Å². The highest BCUT2D eigenvalue weighted by Crippen LogP contribution is 2.32. The molecule has 0 aliphatic carbocycles. The first kappa shape index (κ1) is 25.1. The SMILES string of the molecule is Cc1ccc(NC(=O)c2cc(-c3ccc(C(F)(F)F)cc3)cs2)cc1Nc1nccc(-c2cccnc2)n1. The summed E-state index contributed by atoms with van der Waals surface area (Å²) in [4.78, 5) is 26.3. The summed E-state index contributed by atoms with van der Waals surface area (Å²) in [5, 5.41) is 7.82. The van der Waals surface area contributed by atoms with Crippen molar-refractivity contribution in [3.63, 3.8) is 0 Å². The molecule has 6 nitrogen and oxygen atoms in total. The number of pyridine rings is 1. The average molecular weight is 532 g/mol. The second-order valence-corrected chi connectivity index (χ2v) is 9.30. The number of hydrogen-bond acceptors (Lipinski definition) is 6. The Bertz CT molecular complexity index is 1580. The van der Waals surface area contributed by atoms with Crippen molar-refractivity contribution in [2.24, 2.45) is 0 Å². The number of alkyl halides is 3. The molecule has 38 heavy (non-hydrogen) atoms. The molecule has 3 aromatic heterocycles. The maximum Gasteiger partial charge on any atom is 0.416 e. The first-order valence-corrected chi connectivity index (χ1v) is 12.3. The smallest absolute Gasteiger partial charge is 0.324 e. The van der Waals surface area contributed by atoms with Gasteiger partial charge in [0.15, 0.2) is 0 Å². The van der Waals surface area contributed by atoms with Gasteiger partial charge in [0, 0.05) is 35.5 Å². The number of hydrogen-bond donors (Lipinski definition) is 2. The number of aromatic nitrogens is 3. The monoisotopic (exact) mass is 531 g/mol. The Labute approximate surface area is 220 Å². The normalized spacial score (nSPS) is 11.3. The van der Waals surface area contributed by atoms with Gasteiger partial charge >= 0.3 is 6.18 Å². The van der Waals surface area contributed by atoms with Gasteiger partial charge in [-0.05, 0) is 77.5 Å². The van der Waals surface area contributed by atoms with Crippen LogP contribution in [-0.4, -0.2) is 20.9 Å². The van der Waals surface area contributed by atoms with E-state index in [1.807, 2.05) is 25.1 Å². The summed E-state index contributed by atoms with van der Waals surface area (Å²) in [5.74, 6) is 0.0789. The number of rotatable bonds is 6. The molecular formula is C28H20F3N5OS. The fraction of sp³-hybridized carbons (Fsp3) is 0.0714. The van der Waals surface area contributed by atoms with Gasteiger partial charge in [0.05, 0.1) is 16.1 Å². The third-order valence-electron chi connectivity index (χ3n) is 5.72. The van der Waals surface area contributed by atoms with Crippen LogP contribution in [0.15, 0.2) is 90.7 Å². The first-order chi connectivity index (χ1) is 18.3. The summed E-state index contributed by atoms with van der Waals surface area (Å²) in [6.07, 6.45) is 0.678. The van der Waals surface area contributed by atoms with E-state index in [2.05, 4.69) is 25.6 Å². The summed E-state index contributed by atoms with van der Waals surface area (Å²) in [6, 6.07) is 17.5. The largest absolute Gasteiger partial charge is 0.416 e. The molecule has 3 heterocycles. The third kappa shape index (κ3) is 5.70. The lowest BCUT2D eigenvalue weighted by Crippen LogP contribution is -2.10. The molecule has 0 unspecified atom stereocenters. The van der Waals surface area contributed by atoms with E-state index in [1.54, 1.807) is 48.2 Å². The van der Waals surface area contributed by atoms with Crippen LogP contribution >= 0.6 is 11.3 Å². The zero-order chi connectivity index (χ0) is 26.7. The first-order valence-electron chi connectivity index (χ1n) is 11.4. The molecule has 5 rings (SSSR count). The van der Waals surface area contributed by atoms with Crippen LogP contribution in [-0.2, 0) is 6.18 Å². The molecule has 0 radical (unpaired) electrons. The minimum absolute atomic E-state index is 0.321. The summed E-state index contributed by atoms with van der Waals surface area (Å²) < 4.78 is 38.5. The molecule has 0 fully saturated rings. The minimum Gasteiger partial charge on any atom is -0.324 e. The molecule has 0 spiro atoms. The number of carbonyl (C=O) groups is 1. The van der Waals surface area contributed by atoms with Crippen molar-refractivity contribution in [3.8, 4) is 22.4 Å². The molecule has 0 bridgehead atoms. The van der Waals surface area contributed by atoms with E-state index >= 15 is 0 Å². The van der Waals surface area contributed by atoms with Gasteiger partial charge in [-0.15, -0.1) is 11.3 Å². The zero-order valence-corrected chi connectivity index (χ0v) is 20.8. The zero-order valence-electron chi connectivity index (χ0n) is 20.0. The van der Waals surface area contributed by atoms with E-state index < -0.39 is 11.7 Å². The standard InChI is InChI=1S/C28H20F3N5OS/c1-17-4-9-22(14-24(17)36-27-33-12-10-23(35-27)19-3-2-11-32-15-19)34-26(37)25-13-20(16-38-25)18-5-7-21(8-6-18)28(29,30)31/h2-16H,1H3,(H,34,37)(H,33,35,36). The maximum atomic E-state index is 12.9. The highest BCUT2D eigenvalue weighted by molar-refractivity contribution is 7.12. The molecule has 1 amide bonds. The van der Waals surface area contributed by atoms with E-state index in [9.17, 15) is 18.0 Å². The third-order valence-corrected chi connectivity index (χ3v) is 6.65. The number of carbonyl (C=O) groups excluding carboxylic acids is 1. The van der Waals surface area contributed by atoms with Crippen LogP contribution < -0.4 is 10.6 Å². The van der Waals surface area contributed by atoms with Gasteiger partial charge < -0.3 is 10.6 Å². The molecule has 5 aromatic rings. The van der Waals surface area contributed by atoms with Gasteiger partial charge in [-0.1, -0.05) is 18.2 Å². The van der Waals surface area contributed by atoms with E-state index in [0.29, 0.717) is 27.6 Å². The van der Waals surface area contributed by atoms with Gasteiger partial charge in [0.25, 0.3) is 5.91 Å². The van der Waals surface area contributed by atoms with Crippen LogP contribution in [0.3, 0.4) is 0 Å². The number of thiophene rings is 1. The van der Waals surface area contributed by atoms with Crippen LogP contribution in [0.4, 0.5) is 30.5 Å². The fourth-order valence-corrected chi connectivity index (χ4v) is 4.51. The van der Waals surface area contributed by atoms with Gasteiger partial charge in [-0.2, -0.15) is 13.2 Å². The van der Waals surface area contributed by atoms with Crippen molar-refractivity contribution < 1.29 is 18.0 Å². The van der Waals surface area contributed by atoms with Gasteiger partial charge in [0.1, 0.15) is 0 Å². The molecule has 0 saturated heterocycles. The van der Waals surface area contributed by atoms with Crippen molar-refractivity contribution in [2.75, 3.05) is 10.6 Å². The number of anilines is 3. The van der Waals surface area contributed by atoms with Gasteiger partial charge in [0.2, 0.25) is 5.95 Å².